The van der Waals surface area contributed by atoms with E-state index in [2.05, 4.69) is 23.8 Å². The zero-order valence-corrected chi connectivity index (χ0v) is 28.1. The number of pyridine rings is 1. The predicted octanol–water partition coefficient (Wildman–Crippen LogP) is 7.25. The number of hydrogen-bond acceptors (Lipinski definition) is 6. The van der Waals surface area contributed by atoms with E-state index in [0.717, 1.165) is 71.0 Å². The van der Waals surface area contributed by atoms with Gasteiger partial charge < -0.3 is 19.8 Å². The fraction of sp³-hybridized carbons (Fsp3) is 0.432. The summed E-state index contributed by atoms with van der Waals surface area (Å²) >= 11 is 0. The number of ether oxygens (including phenoxy) is 1. The highest BCUT2D eigenvalue weighted by atomic mass is 19.1. The summed E-state index contributed by atoms with van der Waals surface area (Å²) in [5.74, 6) is -0.400. The van der Waals surface area contributed by atoms with Crippen molar-refractivity contribution in [1.29, 1.82) is 0 Å². The van der Waals surface area contributed by atoms with Crippen molar-refractivity contribution in [3.63, 3.8) is 0 Å². The average molecular weight is 631 g/mol. The highest BCUT2D eigenvalue weighted by molar-refractivity contribution is 5.93. The summed E-state index contributed by atoms with van der Waals surface area (Å²) in [4.78, 5) is 19.4. The Morgan fingerprint density at radius 1 is 1.02 bits per heavy atom. The van der Waals surface area contributed by atoms with Gasteiger partial charge in [-0.3, -0.25) is 14.5 Å². The molecule has 2 N–H and O–H groups in total. The molecule has 3 heterocycles. The second-order valence-corrected chi connectivity index (χ2v) is 13.7. The minimum atomic E-state index is -0.877. The number of carbonyl (C=O) groups is 1. The number of rotatable bonds is 9. The second-order valence-electron chi connectivity index (χ2n) is 13.7. The molecule has 0 unspecified atom stereocenters. The van der Waals surface area contributed by atoms with Gasteiger partial charge in [0.2, 0.25) is 0 Å². The van der Waals surface area contributed by atoms with Gasteiger partial charge in [-0.05, 0) is 87.4 Å². The van der Waals surface area contributed by atoms with E-state index in [1.54, 1.807) is 43.8 Å². The van der Waals surface area contributed by atoms with Crippen LogP contribution in [0.15, 0.2) is 60.8 Å². The van der Waals surface area contributed by atoms with Crippen molar-refractivity contribution in [2.24, 2.45) is 12.5 Å². The Morgan fingerprint density at radius 2 is 1.63 bits per heavy atom. The van der Waals surface area contributed by atoms with Gasteiger partial charge in [-0.15, -0.1) is 0 Å². The molecule has 1 aliphatic heterocycles. The van der Waals surface area contributed by atoms with E-state index < -0.39 is 11.6 Å². The van der Waals surface area contributed by atoms with Crippen LogP contribution < -0.4 is 9.64 Å². The molecule has 5 rings (SSSR count). The first-order valence-electron chi connectivity index (χ1n) is 15.8. The van der Waals surface area contributed by atoms with E-state index in [0.29, 0.717) is 18.7 Å². The van der Waals surface area contributed by atoms with Crippen molar-refractivity contribution in [1.82, 2.24) is 14.8 Å². The van der Waals surface area contributed by atoms with Crippen LogP contribution in [0.25, 0.3) is 22.5 Å². The maximum Gasteiger partial charge on any atom is 0.307 e. The minimum Gasteiger partial charge on any atom is -0.493 e. The lowest BCUT2D eigenvalue weighted by atomic mass is 9.82. The Bertz CT molecular complexity index is 1610. The number of aliphatic hydroxyl groups is 1. The van der Waals surface area contributed by atoms with Crippen LogP contribution in [0.2, 0.25) is 0 Å². The number of anilines is 1. The summed E-state index contributed by atoms with van der Waals surface area (Å²) in [6, 6.07) is 16.3. The standard InChI is InChI=1S/C33H37FN4O3.C4H10O/c1-22-27(21-29(39)40)32(38-18-15-33(2,3)16-19-38)30(31(36-22)28-13-17-35-37(28)4)24-7-11-26(12-8-24)41-20-14-23-5-9-25(34)10-6-23;1-4(2,3)5/h5-13,17H,14-16,18-21H2,1-4H3,(H,39,40);5H,1-3H3. The summed E-state index contributed by atoms with van der Waals surface area (Å²) in [5.41, 5.74) is 6.64. The van der Waals surface area contributed by atoms with Crippen LogP contribution >= 0.6 is 0 Å². The summed E-state index contributed by atoms with van der Waals surface area (Å²) in [6.07, 6.45) is 4.35. The van der Waals surface area contributed by atoms with Crippen molar-refractivity contribution < 1.29 is 24.1 Å². The van der Waals surface area contributed by atoms with E-state index in [9.17, 15) is 14.3 Å². The van der Waals surface area contributed by atoms with Gasteiger partial charge in [-0.25, -0.2) is 4.39 Å². The van der Waals surface area contributed by atoms with E-state index in [1.807, 2.05) is 44.3 Å². The van der Waals surface area contributed by atoms with Gasteiger partial charge in [-0.1, -0.05) is 38.1 Å². The molecule has 0 radical (unpaired) electrons. The third-order valence-corrected chi connectivity index (χ3v) is 8.02. The molecule has 46 heavy (non-hydrogen) atoms. The summed E-state index contributed by atoms with van der Waals surface area (Å²) in [6.45, 7) is 13.9. The Balaban J connectivity index is 0.000000892. The zero-order chi connectivity index (χ0) is 33.6. The lowest BCUT2D eigenvalue weighted by molar-refractivity contribution is -0.136. The Morgan fingerprint density at radius 3 is 2.17 bits per heavy atom. The molecule has 0 bridgehead atoms. The largest absolute Gasteiger partial charge is 0.493 e. The van der Waals surface area contributed by atoms with Gasteiger partial charge in [0.25, 0.3) is 0 Å². The van der Waals surface area contributed by atoms with Gasteiger partial charge in [0.05, 0.1) is 35.7 Å². The number of halogens is 1. The fourth-order valence-electron chi connectivity index (χ4n) is 5.49. The molecule has 1 saturated heterocycles. The van der Waals surface area contributed by atoms with Gasteiger partial charge in [0, 0.05) is 49.6 Å². The van der Waals surface area contributed by atoms with Crippen molar-refractivity contribution in [2.75, 3.05) is 24.6 Å². The van der Waals surface area contributed by atoms with Crippen molar-refractivity contribution in [3.05, 3.63) is 83.4 Å². The Labute approximate surface area is 271 Å². The number of piperidine rings is 1. The molecule has 0 atom stereocenters. The highest BCUT2D eigenvalue weighted by Crippen LogP contribution is 2.44. The van der Waals surface area contributed by atoms with Gasteiger partial charge >= 0.3 is 5.97 Å². The topological polar surface area (TPSA) is 101 Å². The third-order valence-electron chi connectivity index (χ3n) is 8.02. The molecule has 9 heteroatoms. The molecule has 0 aliphatic carbocycles. The number of nitrogens with zero attached hydrogens (tertiary/aromatic N) is 4. The number of carboxylic acids is 1. The van der Waals surface area contributed by atoms with Crippen molar-refractivity contribution >= 4 is 11.7 Å². The van der Waals surface area contributed by atoms with Crippen molar-refractivity contribution in [2.45, 2.75) is 72.8 Å². The molecular formula is C37H47FN4O4. The molecule has 1 aliphatic rings. The molecular weight excluding hydrogens is 583 g/mol. The molecule has 4 aromatic rings. The molecule has 1 fully saturated rings. The molecule has 246 valence electrons. The van der Waals surface area contributed by atoms with E-state index in [-0.39, 0.29) is 17.7 Å². The molecule has 0 saturated carbocycles. The zero-order valence-electron chi connectivity index (χ0n) is 28.1. The molecule has 0 amide bonds. The molecule has 0 spiro atoms. The molecule has 2 aromatic carbocycles. The van der Waals surface area contributed by atoms with Gasteiger partial charge in [0.1, 0.15) is 11.6 Å². The number of benzene rings is 2. The predicted molar refractivity (Wildman–Crippen MR) is 181 cm³/mol. The van der Waals surface area contributed by atoms with E-state index >= 15 is 0 Å². The van der Waals surface area contributed by atoms with Crippen LogP contribution in [-0.4, -0.2) is 56.2 Å². The van der Waals surface area contributed by atoms with Crippen LogP contribution in [0, 0.1) is 18.2 Å². The lowest BCUT2D eigenvalue weighted by Crippen LogP contribution is -2.38. The van der Waals surface area contributed by atoms with Crippen LogP contribution in [0.3, 0.4) is 0 Å². The minimum absolute atomic E-state index is 0.0999. The van der Waals surface area contributed by atoms with Crippen LogP contribution in [0.4, 0.5) is 10.1 Å². The number of aliphatic carboxylic acids is 1. The first-order chi connectivity index (χ1) is 21.6. The number of hydrogen-bond donors (Lipinski definition) is 2. The monoisotopic (exact) mass is 630 g/mol. The summed E-state index contributed by atoms with van der Waals surface area (Å²) in [7, 11) is 1.89. The Kier molecular flexibility index (Phi) is 10.9. The molecule has 8 nitrogen and oxygen atoms in total. The normalized spacial score (nSPS) is 14.4. The summed E-state index contributed by atoms with van der Waals surface area (Å²) < 4.78 is 21.0. The molecule has 2 aromatic heterocycles. The smallest absolute Gasteiger partial charge is 0.307 e. The maximum atomic E-state index is 13.2. The Hall–Kier alpha value is -4.24. The first kappa shape index (κ1) is 34.6. The number of aryl methyl sites for hydroxylation is 2. The highest BCUT2D eigenvalue weighted by Gasteiger charge is 2.31. The van der Waals surface area contributed by atoms with E-state index in [1.165, 1.54) is 12.1 Å². The fourth-order valence-corrected chi connectivity index (χ4v) is 5.49. The number of carboxylic acid groups (broad SMARTS) is 1. The van der Waals surface area contributed by atoms with Crippen LogP contribution in [-0.2, 0) is 24.7 Å². The maximum absolute atomic E-state index is 13.2. The summed E-state index contributed by atoms with van der Waals surface area (Å²) in [5, 5.41) is 22.8. The quantitative estimate of drug-likeness (QED) is 0.201. The van der Waals surface area contributed by atoms with Gasteiger partial charge in [-0.2, -0.15) is 5.10 Å². The van der Waals surface area contributed by atoms with Gasteiger partial charge in [0.15, 0.2) is 0 Å². The SMILES string of the molecule is CC(C)(C)O.Cc1nc(-c2ccnn2C)c(-c2ccc(OCCc3ccc(F)cc3)cc2)c(N2CCC(C)(C)CC2)c1CC(=O)O. The third kappa shape index (κ3) is 9.39. The van der Waals surface area contributed by atoms with Crippen molar-refractivity contribution in [3.8, 4) is 28.3 Å². The van der Waals surface area contributed by atoms with Crippen LogP contribution in [0.1, 0.15) is 64.3 Å². The van der Waals surface area contributed by atoms with E-state index in [4.69, 9.17) is 14.8 Å². The number of aromatic nitrogens is 3. The first-order valence-corrected chi connectivity index (χ1v) is 15.8. The lowest BCUT2D eigenvalue weighted by Gasteiger charge is -2.40. The average Bonchev–Trinajstić information content (AvgIpc) is 3.40. The second kappa shape index (κ2) is 14.5. The van der Waals surface area contributed by atoms with Crippen LogP contribution in [0.5, 0.6) is 5.75 Å².